The fraction of sp³-hybridized carbons (Fsp3) is 0. The predicted molar refractivity (Wildman–Crippen MR) is 51.2 cm³/mol. The number of nitrogens with zero attached hydrogens (tertiary/aromatic N) is 3. The second kappa shape index (κ2) is 4.18. The number of nitrogens with one attached hydrogen (secondary N) is 2. The van der Waals surface area contributed by atoms with Crippen molar-refractivity contribution in [2.24, 2.45) is 0 Å². The molecule has 2 rings (SSSR count). The molecule has 0 atom stereocenters. The maximum absolute atomic E-state index is 11.3. The van der Waals surface area contributed by atoms with Crippen molar-refractivity contribution in [1.82, 2.24) is 15.1 Å². The first-order valence-electron chi connectivity index (χ1n) is 4.10. The van der Waals surface area contributed by atoms with Gasteiger partial charge in [0.05, 0.1) is 6.20 Å². The average molecular weight is 205 g/mol. The molecule has 0 saturated heterocycles. The van der Waals surface area contributed by atoms with E-state index in [0.717, 1.165) is 0 Å². The lowest BCUT2D eigenvalue weighted by molar-refractivity contribution is 0.261. The zero-order valence-corrected chi connectivity index (χ0v) is 7.54. The maximum atomic E-state index is 11.3. The molecule has 0 aliphatic heterocycles. The van der Waals surface area contributed by atoms with Crippen molar-refractivity contribution >= 4 is 17.9 Å². The van der Waals surface area contributed by atoms with E-state index in [1.807, 2.05) is 0 Å². The van der Waals surface area contributed by atoms with Gasteiger partial charge in [-0.2, -0.15) is 0 Å². The molecule has 0 fully saturated rings. The van der Waals surface area contributed by atoms with E-state index in [1.54, 1.807) is 6.07 Å². The SMILES string of the molecule is O=C(Nc1ncccn1)Nc1ccno1. The van der Waals surface area contributed by atoms with Crippen LogP contribution in [-0.4, -0.2) is 21.2 Å². The van der Waals surface area contributed by atoms with Crippen LogP contribution in [0.1, 0.15) is 0 Å². The second-order valence-electron chi connectivity index (χ2n) is 2.53. The summed E-state index contributed by atoms with van der Waals surface area (Å²) in [6.45, 7) is 0. The molecular weight excluding hydrogens is 198 g/mol. The maximum Gasteiger partial charge on any atom is 0.328 e. The van der Waals surface area contributed by atoms with E-state index in [1.165, 1.54) is 24.7 Å². The molecule has 0 bridgehead atoms. The Kier molecular flexibility index (Phi) is 2.54. The van der Waals surface area contributed by atoms with Crippen LogP contribution in [0.4, 0.5) is 16.6 Å². The molecule has 0 aromatic carbocycles. The fourth-order valence-electron chi connectivity index (χ4n) is 0.889. The fourth-order valence-corrected chi connectivity index (χ4v) is 0.889. The van der Waals surface area contributed by atoms with Gasteiger partial charge in [-0.25, -0.2) is 14.8 Å². The number of hydrogen-bond donors (Lipinski definition) is 2. The quantitative estimate of drug-likeness (QED) is 0.765. The highest BCUT2D eigenvalue weighted by molar-refractivity contribution is 5.97. The van der Waals surface area contributed by atoms with Gasteiger partial charge in [0, 0.05) is 18.5 Å². The number of anilines is 2. The van der Waals surface area contributed by atoms with Crippen LogP contribution >= 0.6 is 0 Å². The summed E-state index contributed by atoms with van der Waals surface area (Å²) in [5.74, 6) is 0.470. The third-order valence-electron chi connectivity index (χ3n) is 1.47. The lowest BCUT2D eigenvalue weighted by Crippen LogP contribution is -2.20. The van der Waals surface area contributed by atoms with Crippen LogP contribution in [0, 0.1) is 0 Å². The molecule has 2 amide bonds. The number of carbonyl (C=O) groups excluding carboxylic acids is 1. The summed E-state index contributed by atoms with van der Waals surface area (Å²) in [4.78, 5) is 18.9. The van der Waals surface area contributed by atoms with E-state index in [9.17, 15) is 4.79 Å². The summed E-state index contributed by atoms with van der Waals surface area (Å²) in [6, 6.07) is 2.68. The van der Waals surface area contributed by atoms with Crippen LogP contribution in [0.2, 0.25) is 0 Å². The zero-order valence-electron chi connectivity index (χ0n) is 7.54. The van der Waals surface area contributed by atoms with Gasteiger partial charge in [-0.1, -0.05) is 5.16 Å². The molecule has 0 aliphatic carbocycles. The van der Waals surface area contributed by atoms with Crippen molar-refractivity contribution in [2.75, 3.05) is 10.6 Å². The van der Waals surface area contributed by atoms with Crippen LogP contribution in [0.5, 0.6) is 0 Å². The predicted octanol–water partition coefficient (Wildman–Crippen LogP) is 1.11. The number of hydrogen-bond acceptors (Lipinski definition) is 5. The molecule has 76 valence electrons. The highest BCUT2D eigenvalue weighted by atomic mass is 16.5. The Morgan fingerprint density at radius 2 is 2.00 bits per heavy atom. The first kappa shape index (κ1) is 9.13. The molecule has 0 unspecified atom stereocenters. The largest absolute Gasteiger partial charge is 0.338 e. The van der Waals surface area contributed by atoms with Crippen molar-refractivity contribution in [3.63, 3.8) is 0 Å². The Labute approximate surface area is 84.5 Å². The Bertz CT molecular complexity index is 428. The molecule has 7 nitrogen and oxygen atoms in total. The molecule has 2 aromatic heterocycles. The Morgan fingerprint density at radius 3 is 2.67 bits per heavy atom. The van der Waals surface area contributed by atoms with Crippen LogP contribution in [0.15, 0.2) is 35.2 Å². The monoisotopic (exact) mass is 205 g/mol. The number of urea groups is 1. The molecule has 2 aromatic rings. The Morgan fingerprint density at radius 1 is 1.20 bits per heavy atom. The van der Waals surface area contributed by atoms with Gasteiger partial charge in [-0.3, -0.25) is 10.6 Å². The van der Waals surface area contributed by atoms with Gasteiger partial charge in [0.1, 0.15) is 0 Å². The van der Waals surface area contributed by atoms with Crippen LogP contribution in [0.3, 0.4) is 0 Å². The first-order chi connectivity index (χ1) is 7.34. The van der Waals surface area contributed by atoms with Gasteiger partial charge in [0.2, 0.25) is 11.8 Å². The van der Waals surface area contributed by atoms with E-state index < -0.39 is 6.03 Å². The van der Waals surface area contributed by atoms with E-state index in [0.29, 0.717) is 0 Å². The van der Waals surface area contributed by atoms with Crippen molar-refractivity contribution < 1.29 is 9.32 Å². The van der Waals surface area contributed by atoms with Crippen molar-refractivity contribution in [3.8, 4) is 0 Å². The molecular formula is C8H7N5O2. The smallest absolute Gasteiger partial charge is 0.328 e. The minimum atomic E-state index is -0.488. The standard InChI is InChI=1S/C8H7N5O2/c14-8(12-6-2-5-11-15-6)13-7-9-3-1-4-10-7/h1-5H,(H2,9,10,12,13,14). The Hall–Kier alpha value is -2.44. The lowest BCUT2D eigenvalue weighted by Gasteiger charge is -2.01. The van der Waals surface area contributed by atoms with E-state index in [2.05, 4.69) is 30.3 Å². The van der Waals surface area contributed by atoms with Crippen LogP contribution in [-0.2, 0) is 0 Å². The van der Waals surface area contributed by atoms with Gasteiger partial charge < -0.3 is 4.52 Å². The van der Waals surface area contributed by atoms with Crippen molar-refractivity contribution in [3.05, 3.63) is 30.7 Å². The van der Waals surface area contributed by atoms with Gasteiger partial charge in [-0.15, -0.1) is 0 Å². The molecule has 2 N–H and O–H groups in total. The summed E-state index contributed by atoms with van der Waals surface area (Å²) in [6.07, 6.45) is 4.47. The van der Waals surface area contributed by atoms with Gasteiger partial charge in [0.25, 0.3) is 0 Å². The van der Waals surface area contributed by atoms with Gasteiger partial charge in [-0.05, 0) is 6.07 Å². The summed E-state index contributed by atoms with van der Waals surface area (Å²) < 4.78 is 4.68. The van der Waals surface area contributed by atoms with Crippen LogP contribution < -0.4 is 10.6 Å². The lowest BCUT2D eigenvalue weighted by atomic mass is 10.6. The Balaban J connectivity index is 1.94. The molecule has 15 heavy (non-hydrogen) atoms. The topological polar surface area (TPSA) is 92.9 Å². The third kappa shape index (κ3) is 2.50. The van der Waals surface area contributed by atoms with Crippen LogP contribution in [0.25, 0.3) is 0 Å². The second-order valence-corrected chi connectivity index (χ2v) is 2.53. The highest BCUT2D eigenvalue weighted by Crippen LogP contribution is 2.04. The zero-order chi connectivity index (χ0) is 10.5. The number of rotatable bonds is 2. The molecule has 0 spiro atoms. The van der Waals surface area contributed by atoms with Crippen molar-refractivity contribution in [2.45, 2.75) is 0 Å². The molecule has 2 heterocycles. The van der Waals surface area contributed by atoms with E-state index in [4.69, 9.17) is 0 Å². The summed E-state index contributed by atoms with van der Waals surface area (Å²) in [5, 5.41) is 8.26. The molecule has 0 radical (unpaired) electrons. The average Bonchev–Trinajstić information content (AvgIpc) is 2.71. The summed E-state index contributed by atoms with van der Waals surface area (Å²) in [5.41, 5.74) is 0. The number of amides is 2. The van der Waals surface area contributed by atoms with E-state index in [-0.39, 0.29) is 11.8 Å². The van der Waals surface area contributed by atoms with E-state index >= 15 is 0 Å². The molecule has 0 aliphatic rings. The minimum absolute atomic E-state index is 0.217. The summed E-state index contributed by atoms with van der Waals surface area (Å²) in [7, 11) is 0. The number of aromatic nitrogens is 3. The first-order valence-corrected chi connectivity index (χ1v) is 4.10. The van der Waals surface area contributed by atoms with Crippen molar-refractivity contribution in [1.29, 1.82) is 0 Å². The number of carbonyl (C=O) groups is 1. The highest BCUT2D eigenvalue weighted by Gasteiger charge is 2.05. The normalized spacial score (nSPS) is 9.60. The molecule has 0 saturated carbocycles. The molecule has 7 heteroatoms. The summed E-state index contributed by atoms with van der Waals surface area (Å²) >= 11 is 0. The van der Waals surface area contributed by atoms with Gasteiger partial charge >= 0.3 is 6.03 Å². The van der Waals surface area contributed by atoms with Gasteiger partial charge in [0.15, 0.2) is 0 Å². The minimum Gasteiger partial charge on any atom is -0.338 e. The third-order valence-corrected chi connectivity index (χ3v) is 1.47.